The number of ketones is 1. The van der Waals surface area contributed by atoms with Crippen molar-refractivity contribution in [1.82, 2.24) is 9.78 Å². The Morgan fingerprint density at radius 2 is 1.85 bits per heavy atom. The van der Waals surface area contributed by atoms with Crippen molar-refractivity contribution in [2.45, 2.75) is 13.0 Å². The lowest BCUT2D eigenvalue weighted by atomic mass is 10.1. The maximum atomic E-state index is 12.5. The quantitative estimate of drug-likeness (QED) is 0.674. The van der Waals surface area contributed by atoms with Crippen LogP contribution in [0.25, 0.3) is 10.9 Å². The number of carbonyl (C=O) groups excluding carboxylic acids is 1. The molecule has 3 aromatic rings. The third-order valence-electron chi connectivity index (χ3n) is 3.38. The van der Waals surface area contributed by atoms with Crippen molar-refractivity contribution in [2.75, 3.05) is 0 Å². The Hall–Kier alpha value is -1.94. The molecule has 3 nitrogen and oxygen atoms in total. The van der Waals surface area contributed by atoms with Crippen molar-refractivity contribution in [3.8, 4) is 0 Å². The summed E-state index contributed by atoms with van der Waals surface area (Å²) in [6.07, 6.45) is 1.79. The first-order valence-electron chi connectivity index (χ1n) is 6.39. The maximum Gasteiger partial charge on any atom is 0.187 e. The molecule has 20 heavy (non-hydrogen) atoms. The smallest absolute Gasteiger partial charge is 0.187 e. The van der Waals surface area contributed by atoms with Crippen LogP contribution in [-0.4, -0.2) is 15.6 Å². The Kier molecular flexibility index (Phi) is 3.40. The topological polar surface area (TPSA) is 34.9 Å². The molecule has 0 saturated heterocycles. The highest BCUT2D eigenvalue weighted by Gasteiger charge is 2.19. The summed E-state index contributed by atoms with van der Waals surface area (Å²) in [5, 5.41) is 5.39. The van der Waals surface area contributed by atoms with Gasteiger partial charge in [0.1, 0.15) is 6.04 Å². The van der Waals surface area contributed by atoms with Gasteiger partial charge < -0.3 is 0 Å². The fourth-order valence-corrected chi connectivity index (χ4v) is 2.53. The van der Waals surface area contributed by atoms with Gasteiger partial charge in [0, 0.05) is 15.4 Å². The van der Waals surface area contributed by atoms with E-state index in [2.05, 4.69) is 21.0 Å². The number of carbonyl (C=O) groups is 1. The molecule has 0 saturated carbocycles. The number of aromatic nitrogens is 2. The minimum atomic E-state index is -0.323. The van der Waals surface area contributed by atoms with E-state index in [1.807, 2.05) is 55.5 Å². The largest absolute Gasteiger partial charge is 0.292 e. The van der Waals surface area contributed by atoms with E-state index in [4.69, 9.17) is 0 Å². The average Bonchev–Trinajstić information content (AvgIpc) is 2.90. The molecule has 1 unspecified atom stereocenters. The van der Waals surface area contributed by atoms with Crippen molar-refractivity contribution in [1.29, 1.82) is 0 Å². The zero-order chi connectivity index (χ0) is 14.1. The summed E-state index contributed by atoms with van der Waals surface area (Å²) in [5.41, 5.74) is 1.67. The predicted molar refractivity (Wildman–Crippen MR) is 82.9 cm³/mol. The van der Waals surface area contributed by atoms with E-state index in [0.717, 1.165) is 15.4 Å². The summed E-state index contributed by atoms with van der Waals surface area (Å²) < 4.78 is 2.74. The maximum absolute atomic E-state index is 12.5. The summed E-state index contributed by atoms with van der Waals surface area (Å²) in [6.45, 7) is 1.88. The third-order valence-corrected chi connectivity index (χ3v) is 3.91. The van der Waals surface area contributed by atoms with Crippen LogP contribution < -0.4 is 0 Å². The molecule has 0 aliphatic carbocycles. The van der Waals surface area contributed by atoms with Gasteiger partial charge in [0.25, 0.3) is 0 Å². The van der Waals surface area contributed by atoms with E-state index in [9.17, 15) is 4.79 Å². The molecule has 1 aromatic heterocycles. The minimum absolute atomic E-state index is 0.0614. The van der Waals surface area contributed by atoms with Gasteiger partial charge in [0.05, 0.1) is 11.7 Å². The van der Waals surface area contributed by atoms with Gasteiger partial charge in [-0.25, -0.2) is 0 Å². The molecule has 0 bridgehead atoms. The van der Waals surface area contributed by atoms with Crippen molar-refractivity contribution in [3.05, 3.63) is 64.8 Å². The van der Waals surface area contributed by atoms with Gasteiger partial charge in [0.2, 0.25) is 0 Å². The fourth-order valence-electron chi connectivity index (χ4n) is 2.27. The zero-order valence-electron chi connectivity index (χ0n) is 11.0. The summed E-state index contributed by atoms with van der Waals surface area (Å²) in [5.74, 6) is 0.0614. The van der Waals surface area contributed by atoms with Crippen molar-refractivity contribution in [3.63, 3.8) is 0 Å². The first-order chi connectivity index (χ1) is 9.66. The Morgan fingerprint density at radius 3 is 2.60 bits per heavy atom. The molecule has 0 amide bonds. The van der Waals surface area contributed by atoms with Crippen LogP contribution in [0.3, 0.4) is 0 Å². The highest BCUT2D eigenvalue weighted by molar-refractivity contribution is 9.10. The van der Waals surface area contributed by atoms with Crippen LogP contribution in [0.15, 0.2) is 59.2 Å². The molecule has 0 spiro atoms. The molecule has 100 valence electrons. The number of benzene rings is 2. The van der Waals surface area contributed by atoms with Gasteiger partial charge in [-0.2, -0.15) is 5.10 Å². The second-order valence-electron chi connectivity index (χ2n) is 4.70. The molecule has 0 aliphatic heterocycles. The standard InChI is InChI=1S/C16H13BrN2O/c1-11(16(20)12-6-8-14(17)9-7-12)19-15-5-3-2-4-13(15)10-18-19/h2-11H,1H3. The molecule has 1 atom stereocenters. The number of hydrogen-bond donors (Lipinski definition) is 0. The molecule has 0 fully saturated rings. The normalized spacial score (nSPS) is 12.5. The molecule has 0 aliphatic rings. The number of para-hydroxylation sites is 1. The van der Waals surface area contributed by atoms with Crippen molar-refractivity contribution in [2.24, 2.45) is 0 Å². The molecule has 2 aromatic carbocycles. The van der Waals surface area contributed by atoms with Crippen LogP contribution in [-0.2, 0) is 0 Å². The lowest BCUT2D eigenvalue weighted by Gasteiger charge is -2.12. The van der Waals surface area contributed by atoms with Gasteiger partial charge in [0.15, 0.2) is 5.78 Å². The second-order valence-corrected chi connectivity index (χ2v) is 5.61. The molecule has 0 radical (unpaired) electrons. The Bertz CT molecular complexity index is 762. The van der Waals surface area contributed by atoms with Gasteiger partial charge in [-0.1, -0.05) is 46.3 Å². The Balaban J connectivity index is 1.97. The van der Waals surface area contributed by atoms with E-state index < -0.39 is 0 Å². The highest BCUT2D eigenvalue weighted by atomic mass is 79.9. The Labute approximate surface area is 125 Å². The van der Waals surface area contributed by atoms with Crippen LogP contribution in [0.5, 0.6) is 0 Å². The summed E-state index contributed by atoms with van der Waals surface area (Å²) in [6, 6.07) is 15.0. The van der Waals surface area contributed by atoms with Gasteiger partial charge in [-0.05, 0) is 25.1 Å². The second kappa shape index (κ2) is 5.21. The monoisotopic (exact) mass is 328 g/mol. The van der Waals surface area contributed by atoms with Gasteiger partial charge in [-0.3, -0.25) is 9.48 Å². The van der Waals surface area contributed by atoms with Crippen LogP contribution in [0, 0.1) is 0 Å². The zero-order valence-corrected chi connectivity index (χ0v) is 12.5. The summed E-state index contributed by atoms with van der Waals surface area (Å²) in [4.78, 5) is 12.5. The Morgan fingerprint density at radius 1 is 1.15 bits per heavy atom. The molecule has 4 heteroatoms. The number of nitrogens with zero attached hydrogens (tertiary/aromatic N) is 2. The van der Waals surface area contributed by atoms with Crippen LogP contribution in [0.1, 0.15) is 23.3 Å². The average molecular weight is 329 g/mol. The number of halogens is 1. The van der Waals surface area contributed by atoms with E-state index in [1.165, 1.54) is 0 Å². The van der Waals surface area contributed by atoms with E-state index >= 15 is 0 Å². The van der Waals surface area contributed by atoms with Crippen LogP contribution >= 0.6 is 15.9 Å². The van der Waals surface area contributed by atoms with E-state index in [0.29, 0.717) is 5.56 Å². The molecular formula is C16H13BrN2O. The lowest BCUT2D eigenvalue weighted by molar-refractivity contribution is 0.0930. The molecule has 3 rings (SSSR count). The molecular weight excluding hydrogens is 316 g/mol. The van der Waals surface area contributed by atoms with Crippen molar-refractivity contribution < 1.29 is 4.79 Å². The van der Waals surface area contributed by atoms with Crippen LogP contribution in [0.4, 0.5) is 0 Å². The van der Waals surface area contributed by atoms with Gasteiger partial charge in [-0.15, -0.1) is 0 Å². The number of hydrogen-bond acceptors (Lipinski definition) is 2. The third kappa shape index (κ3) is 2.27. The summed E-state index contributed by atoms with van der Waals surface area (Å²) in [7, 11) is 0. The molecule has 0 N–H and O–H groups in total. The van der Waals surface area contributed by atoms with E-state index in [-0.39, 0.29) is 11.8 Å². The molecule has 1 heterocycles. The van der Waals surface area contributed by atoms with E-state index in [1.54, 1.807) is 10.9 Å². The fraction of sp³-hybridized carbons (Fsp3) is 0.125. The first kappa shape index (κ1) is 13.1. The SMILES string of the molecule is CC(C(=O)c1ccc(Br)cc1)n1ncc2ccccc21. The number of Topliss-reactive ketones (excluding diaryl/α,β-unsaturated/α-hetero) is 1. The highest BCUT2D eigenvalue weighted by Crippen LogP contribution is 2.21. The number of fused-ring (bicyclic) bond motifs is 1. The van der Waals surface area contributed by atoms with Gasteiger partial charge >= 0.3 is 0 Å². The number of rotatable bonds is 3. The lowest BCUT2D eigenvalue weighted by Crippen LogP contribution is -2.17. The van der Waals surface area contributed by atoms with Crippen LogP contribution in [0.2, 0.25) is 0 Å². The summed E-state index contributed by atoms with van der Waals surface area (Å²) >= 11 is 3.37. The van der Waals surface area contributed by atoms with Crippen molar-refractivity contribution >= 4 is 32.6 Å². The minimum Gasteiger partial charge on any atom is -0.292 e. The predicted octanol–water partition coefficient (Wildman–Crippen LogP) is 4.24. The first-order valence-corrected chi connectivity index (χ1v) is 7.18.